The summed E-state index contributed by atoms with van der Waals surface area (Å²) in [7, 11) is -2.16. The van der Waals surface area contributed by atoms with Crippen LogP contribution in [0.25, 0.3) is 0 Å². The minimum Gasteiger partial charge on any atom is -0.461 e. The van der Waals surface area contributed by atoms with Gasteiger partial charge in [0, 0.05) is 18.8 Å². The summed E-state index contributed by atoms with van der Waals surface area (Å²) in [6, 6.07) is 0. The molecule has 7 atom stereocenters. The van der Waals surface area contributed by atoms with Crippen LogP contribution in [-0.4, -0.2) is 38.2 Å². The zero-order valence-electron chi connectivity index (χ0n) is 24.6. The molecule has 1 amide bonds. The zero-order valence-corrected chi connectivity index (χ0v) is 25.6. The first-order valence-corrected chi connectivity index (χ1v) is 17.0. The first kappa shape index (κ1) is 31.5. The SMILES string of the molecule is CCC(C)C(=O)OC1CC(C)C=C2C=CC(C)C(CCC(=O)CC(CC(N)=O)O[Si](C)(C)C(C)(C)C)C21. The summed E-state index contributed by atoms with van der Waals surface area (Å²) < 4.78 is 12.5. The Morgan fingerprint density at radius 1 is 1.16 bits per heavy atom. The van der Waals surface area contributed by atoms with Gasteiger partial charge in [0.2, 0.25) is 5.91 Å². The molecule has 0 saturated heterocycles. The Labute approximate surface area is 225 Å². The average molecular weight is 534 g/mol. The van der Waals surface area contributed by atoms with Crippen molar-refractivity contribution < 1.29 is 23.5 Å². The lowest BCUT2D eigenvalue weighted by Crippen LogP contribution is -2.45. The summed E-state index contributed by atoms with van der Waals surface area (Å²) in [6.45, 7) is 18.9. The van der Waals surface area contributed by atoms with E-state index in [9.17, 15) is 14.4 Å². The van der Waals surface area contributed by atoms with Gasteiger partial charge in [-0.15, -0.1) is 0 Å². The second-order valence-corrected chi connectivity index (χ2v) is 17.8. The fourth-order valence-corrected chi connectivity index (χ4v) is 6.66. The molecule has 7 unspecified atom stereocenters. The minimum atomic E-state index is -2.16. The monoisotopic (exact) mass is 533 g/mol. The molecule has 6 nitrogen and oxygen atoms in total. The summed E-state index contributed by atoms with van der Waals surface area (Å²) in [5.41, 5.74) is 6.73. The molecule has 0 bridgehead atoms. The molecule has 210 valence electrons. The molecule has 0 saturated carbocycles. The lowest BCUT2D eigenvalue weighted by atomic mass is 9.65. The largest absolute Gasteiger partial charge is 0.461 e. The van der Waals surface area contributed by atoms with Gasteiger partial charge in [0.05, 0.1) is 18.4 Å². The second kappa shape index (κ2) is 12.9. The molecule has 2 aliphatic rings. The van der Waals surface area contributed by atoms with Crippen LogP contribution in [0.4, 0.5) is 0 Å². The Bertz CT molecular complexity index is 887. The van der Waals surface area contributed by atoms with E-state index in [1.54, 1.807) is 0 Å². The molecule has 37 heavy (non-hydrogen) atoms. The molecule has 2 aliphatic carbocycles. The number of allylic oxidation sites excluding steroid dienone is 3. The van der Waals surface area contributed by atoms with E-state index in [0.29, 0.717) is 18.8 Å². The van der Waals surface area contributed by atoms with Crippen LogP contribution in [0.15, 0.2) is 23.8 Å². The van der Waals surface area contributed by atoms with Crippen molar-refractivity contribution in [1.82, 2.24) is 0 Å². The molecule has 2 N–H and O–H groups in total. The quantitative estimate of drug-likeness (QED) is 0.233. The first-order valence-electron chi connectivity index (χ1n) is 14.1. The summed E-state index contributed by atoms with van der Waals surface area (Å²) >= 11 is 0. The van der Waals surface area contributed by atoms with Crippen LogP contribution in [0.1, 0.15) is 87.0 Å². The molecule has 0 aromatic heterocycles. The number of carbonyl (C=O) groups is 3. The van der Waals surface area contributed by atoms with E-state index in [0.717, 1.165) is 12.8 Å². The number of rotatable bonds is 12. The van der Waals surface area contributed by atoms with Gasteiger partial charge in [0.25, 0.3) is 0 Å². The van der Waals surface area contributed by atoms with Crippen LogP contribution in [-0.2, 0) is 23.5 Å². The molecule has 0 aromatic carbocycles. The van der Waals surface area contributed by atoms with E-state index < -0.39 is 20.3 Å². The van der Waals surface area contributed by atoms with Crippen LogP contribution in [0.2, 0.25) is 18.1 Å². The number of nitrogens with two attached hydrogens (primary N) is 1. The van der Waals surface area contributed by atoms with Gasteiger partial charge >= 0.3 is 5.97 Å². The highest BCUT2D eigenvalue weighted by Crippen LogP contribution is 2.45. The van der Waals surface area contributed by atoms with Gasteiger partial charge in [0.15, 0.2) is 8.32 Å². The van der Waals surface area contributed by atoms with Crippen molar-refractivity contribution in [2.24, 2.45) is 35.3 Å². The normalized spacial score (nSPS) is 27.6. The van der Waals surface area contributed by atoms with Crippen molar-refractivity contribution >= 4 is 26.0 Å². The summed E-state index contributed by atoms with van der Waals surface area (Å²) in [5, 5.41) is -0.0294. The second-order valence-electron chi connectivity index (χ2n) is 13.0. The van der Waals surface area contributed by atoms with E-state index in [1.165, 1.54) is 5.57 Å². The topological polar surface area (TPSA) is 95.7 Å². The standard InChI is InChI=1S/C30H51NO5Si/c1-10-20(3)29(34)35-26-16-19(2)15-22-12-11-21(4)25(28(22)26)14-13-23(32)17-24(18-27(31)33)36-37(8,9)30(5,6)7/h11-12,15,19-21,24-26,28H,10,13-14,16-18H2,1-9H3,(H2,31,33). The van der Waals surface area contributed by atoms with Gasteiger partial charge in [-0.1, -0.05) is 66.7 Å². The zero-order chi connectivity index (χ0) is 28.1. The van der Waals surface area contributed by atoms with Crippen molar-refractivity contribution in [2.45, 2.75) is 117 Å². The maximum atomic E-state index is 13.2. The summed E-state index contributed by atoms with van der Waals surface area (Å²) in [5.74, 6) is 0.315. The van der Waals surface area contributed by atoms with Crippen LogP contribution < -0.4 is 5.73 Å². The van der Waals surface area contributed by atoms with Crippen molar-refractivity contribution in [1.29, 1.82) is 0 Å². The molecule has 0 fully saturated rings. The minimum absolute atomic E-state index is 0.0294. The Morgan fingerprint density at radius 2 is 1.81 bits per heavy atom. The number of hydrogen-bond donors (Lipinski definition) is 1. The molecule has 0 spiro atoms. The number of Topliss-reactive ketones (excluding diaryl/α,β-unsaturated/α-hetero) is 1. The van der Waals surface area contributed by atoms with E-state index in [-0.39, 0.29) is 59.4 Å². The first-order chi connectivity index (χ1) is 17.1. The highest BCUT2D eigenvalue weighted by molar-refractivity contribution is 6.74. The third-order valence-electron chi connectivity index (χ3n) is 8.79. The van der Waals surface area contributed by atoms with E-state index in [4.69, 9.17) is 14.9 Å². The maximum absolute atomic E-state index is 13.2. The predicted molar refractivity (Wildman–Crippen MR) is 151 cm³/mol. The summed E-state index contributed by atoms with van der Waals surface area (Å²) in [4.78, 5) is 37.6. The number of carbonyl (C=O) groups excluding carboxylic acids is 3. The highest BCUT2D eigenvalue weighted by atomic mass is 28.4. The Morgan fingerprint density at radius 3 is 2.38 bits per heavy atom. The Hall–Kier alpha value is -1.73. The fraction of sp³-hybridized carbons (Fsp3) is 0.767. The number of ether oxygens (including phenoxy) is 1. The van der Waals surface area contributed by atoms with Crippen molar-refractivity contribution in [3.63, 3.8) is 0 Å². The number of primary amides is 1. The number of esters is 1. The van der Waals surface area contributed by atoms with Crippen LogP contribution in [0.3, 0.4) is 0 Å². The van der Waals surface area contributed by atoms with E-state index in [1.807, 2.05) is 13.8 Å². The van der Waals surface area contributed by atoms with Crippen LogP contribution >= 0.6 is 0 Å². The molecule has 7 heteroatoms. The molecule has 2 rings (SSSR count). The Balaban J connectivity index is 2.14. The van der Waals surface area contributed by atoms with Gasteiger partial charge in [-0.2, -0.15) is 0 Å². The van der Waals surface area contributed by atoms with E-state index in [2.05, 4.69) is 65.9 Å². The number of hydrogen-bond acceptors (Lipinski definition) is 5. The highest BCUT2D eigenvalue weighted by Gasteiger charge is 2.42. The number of amides is 1. The third-order valence-corrected chi connectivity index (χ3v) is 13.3. The van der Waals surface area contributed by atoms with Gasteiger partial charge in [-0.05, 0) is 60.7 Å². The van der Waals surface area contributed by atoms with Gasteiger partial charge in [-0.25, -0.2) is 0 Å². The van der Waals surface area contributed by atoms with Crippen molar-refractivity contribution in [2.75, 3.05) is 0 Å². The lowest BCUT2D eigenvalue weighted by molar-refractivity contribution is -0.158. The smallest absolute Gasteiger partial charge is 0.308 e. The average Bonchev–Trinajstić information content (AvgIpc) is 2.76. The molecule has 0 radical (unpaired) electrons. The lowest BCUT2D eigenvalue weighted by Gasteiger charge is -2.43. The number of ketones is 1. The maximum Gasteiger partial charge on any atom is 0.308 e. The Kier molecular flexibility index (Phi) is 11.0. The van der Waals surface area contributed by atoms with Gasteiger partial charge < -0.3 is 14.9 Å². The van der Waals surface area contributed by atoms with Gasteiger partial charge in [-0.3, -0.25) is 14.4 Å². The molecular weight excluding hydrogens is 482 g/mol. The van der Waals surface area contributed by atoms with Gasteiger partial charge in [0.1, 0.15) is 11.9 Å². The summed E-state index contributed by atoms with van der Waals surface area (Å²) in [6.07, 6.45) is 8.98. The molecule has 0 heterocycles. The van der Waals surface area contributed by atoms with Crippen molar-refractivity contribution in [3.8, 4) is 0 Å². The van der Waals surface area contributed by atoms with E-state index >= 15 is 0 Å². The fourth-order valence-electron chi connectivity index (χ4n) is 5.31. The van der Waals surface area contributed by atoms with Crippen molar-refractivity contribution in [3.05, 3.63) is 23.8 Å². The number of fused-ring (bicyclic) bond motifs is 1. The molecule has 0 aliphatic heterocycles. The van der Waals surface area contributed by atoms with Crippen LogP contribution in [0, 0.1) is 29.6 Å². The predicted octanol–water partition coefficient (Wildman–Crippen LogP) is 6.35. The molecular formula is C30H51NO5Si. The van der Waals surface area contributed by atoms with Crippen LogP contribution in [0.5, 0.6) is 0 Å². The molecule has 0 aromatic rings. The third kappa shape index (κ3) is 8.64.